The fraction of sp³-hybridized carbons (Fsp3) is 0.250. The van der Waals surface area contributed by atoms with Gasteiger partial charge in [-0.25, -0.2) is 0 Å². The molecular formula is C8H4F3N3O3. The fourth-order valence-corrected chi connectivity index (χ4v) is 1.09. The van der Waals surface area contributed by atoms with E-state index in [0.717, 1.165) is 12.3 Å². The van der Waals surface area contributed by atoms with Crippen LogP contribution in [0.4, 0.5) is 19.0 Å². The second-order valence-corrected chi connectivity index (χ2v) is 2.75. The Balaban J connectivity index is 3.26. The van der Waals surface area contributed by atoms with Crippen LogP contribution in [0.2, 0.25) is 0 Å². The first kappa shape index (κ1) is 12.7. The van der Waals surface area contributed by atoms with Crippen molar-refractivity contribution in [1.82, 2.24) is 4.98 Å². The minimum atomic E-state index is -4.99. The summed E-state index contributed by atoms with van der Waals surface area (Å²) in [7, 11) is 0. The van der Waals surface area contributed by atoms with Crippen molar-refractivity contribution < 1.29 is 22.8 Å². The predicted octanol–water partition coefficient (Wildman–Crippen LogP) is 1.95. The molecule has 0 spiro atoms. The van der Waals surface area contributed by atoms with E-state index in [1.807, 2.05) is 0 Å². The molecule has 1 heterocycles. The average molecular weight is 247 g/mol. The summed E-state index contributed by atoms with van der Waals surface area (Å²) < 4.78 is 39.6. The number of ether oxygens (including phenoxy) is 1. The summed E-state index contributed by atoms with van der Waals surface area (Å²) in [5.74, 6) is -1.62. The SMILES string of the molecule is N#CCc1c(OC(F)(F)F)ccnc1[N+](=O)[O-]. The van der Waals surface area contributed by atoms with E-state index in [-0.39, 0.29) is 0 Å². The van der Waals surface area contributed by atoms with Gasteiger partial charge < -0.3 is 14.9 Å². The van der Waals surface area contributed by atoms with Crippen molar-refractivity contribution in [3.8, 4) is 11.8 Å². The first-order chi connectivity index (χ1) is 7.85. The quantitative estimate of drug-likeness (QED) is 0.601. The zero-order valence-electron chi connectivity index (χ0n) is 8.06. The molecule has 0 amide bonds. The van der Waals surface area contributed by atoms with Gasteiger partial charge in [-0.15, -0.1) is 13.2 Å². The molecule has 6 nitrogen and oxygen atoms in total. The molecule has 0 aromatic carbocycles. The normalized spacial score (nSPS) is 10.7. The first-order valence-electron chi connectivity index (χ1n) is 4.10. The van der Waals surface area contributed by atoms with Crippen molar-refractivity contribution >= 4 is 5.82 Å². The summed E-state index contributed by atoms with van der Waals surface area (Å²) in [6.07, 6.45) is -4.78. The minimum absolute atomic E-state index is 0.502. The molecule has 1 rings (SSSR count). The van der Waals surface area contributed by atoms with Crippen LogP contribution in [0.3, 0.4) is 0 Å². The summed E-state index contributed by atoms with van der Waals surface area (Å²) in [5, 5.41) is 18.9. The number of alkyl halides is 3. The summed E-state index contributed by atoms with van der Waals surface area (Å²) in [6, 6.07) is 2.33. The Kier molecular flexibility index (Phi) is 3.47. The van der Waals surface area contributed by atoms with Gasteiger partial charge in [-0.2, -0.15) is 5.26 Å². The second-order valence-electron chi connectivity index (χ2n) is 2.75. The maximum Gasteiger partial charge on any atom is 0.573 e. The highest BCUT2D eigenvalue weighted by Crippen LogP contribution is 2.30. The Bertz CT molecular complexity index is 481. The van der Waals surface area contributed by atoms with Gasteiger partial charge in [0.25, 0.3) is 0 Å². The molecule has 0 aliphatic heterocycles. The monoisotopic (exact) mass is 247 g/mol. The lowest BCUT2D eigenvalue weighted by atomic mass is 10.2. The van der Waals surface area contributed by atoms with E-state index in [1.54, 1.807) is 0 Å². The van der Waals surface area contributed by atoms with E-state index in [2.05, 4.69) is 9.72 Å². The fourth-order valence-electron chi connectivity index (χ4n) is 1.09. The van der Waals surface area contributed by atoms with E-state index in [9.17, 15) is 23.3 Å². The Hall–Kier alpha value is -2.37. The molecule has 9 heteroatoms. The van der Waals surface area contributed by atoms with E-state index in [0.29, 0.717) is 0 Å². The largest absolute Gasteiger partial charge is 0.573 e. The van der Waals surface area contributed by atoms with Gasteiger partial charge in [-0.3, -0.25) is 0 Å². The van der Waals surface area contributed by atoms with Crippen LogP contribution in [0.5, 0.6) is 5.75 Å². The molecule has 0 aliphatic rings. The van der Waals surface area contributed by atoms with Crippen LogP contribution in [-0.4, -0.2) is 16.3 Å². The Morgan fingerprint density at radius 2 is 2.24 bits per heavy atom. The van der Waals surface area contributed by atoms with Crippen LogP contribution in [0.15, 0.2) is 12.3 Å². The second kappa shape index (κ2) is 4.65. The number of nitro groups is 1. The van der Waals surface area contributed by atoms with Crippen LogP contribution >= 0.6 is 0 Å². The first-order valence-corrected chi connectivity index (χ1v) is 4.10. The molecule has 0 atom stereocenters. The van der Waals surface area contributed by atoms with E-state index in [4.69, 9.17) is 5.26 Å². The van der Waals surface area contributed by atoms with Gasteiger partial charge in [-0.05, 0) is 9.91 Å². The van der Waals surface area contributed by atoms with Crippen LogP contribution in [0, 0.1) is 21.4 Å². The van der Waals surface area contributed by atoms with Crippen molar-refractivity contribution in [3.63, 3.8) is 0 Å². The third kappa shape index (κ3) is 3.30. The standard InChI is InChI=1S/C8H4F3N3O3/c9-8(10,11)17-6-2-4-13-7(14(15)16)5(6)1-3-12/h2,4H,1H2. The van der Waals surface area contributed by atoms with E-state index < -0.39 is 34.8 Å². The number of rotatable bonds is 3. The Labute approximate surface area is 92.4 Å². The van der Waals surface area contributed by atoms with Gasteiger partial charge in [0.15, 0.2) is 0 Å². The van der Waals surface area contributed by atoms with E-state index >= 15 is 0 Å². The molecule has 0 aliphatic carbocycles. The molecule has 0 radical (unpaired) electrons. The van der Waals surface area contributed by atoms with Crippen LogP contribution in [0.25, 0.3) is 0 Å². The maximum atomic E-state index is 12.0. The number of aromatic nitrogens is 1. The van der Waals surface area contributed by atoms with Crippen LogP contribution in [-0.2, 0) is 6.42 Å². The molecule has 0 saturated carbocycles. The van der Waals surface area contributed by atoms with Crippen molar-refractivity contribution in [3.05, 3.63) is 27.9 Å². The summed E-state index contributed by atoms with van der Waals surface area (Å²) in [4.78, 5) is 12.8. The maximum absolute atomic E-state index is 12.0. The van der Waals surface area contributed by atoms with E-state index in [1.165, 1.54) is 6.07 Å². The predicted molar refractivity (Wildman–Crippen MR) is 46.9 cm³/mol. The zero-order valence-corrected chi connectivity index (χ0v) is 8.06. The summed E-state index contributed by atoms with van der Waals surface area (Å²) in [5.41, 5.74) is -0.502. The topological polar surface area (TPSA) is 89.0 Å². The van der Waals surface area contributed by atoms with Gasteiger partial charge in [0.1, 0.15) is 17.5 Å². The lowest BCUT2D eigenvalue weighted by Gasteiger charge is -2.10. The average Bonchev–Trinajstić information content (AvgIpc) is 2.18. The number of pyridine rings is 1. The summed E-state index contributed by atoms with van der Waals surface area (Å²) >= 11 is 0. The minimum Gasteiger partial charge on any atom is -0.405 e. The molecule has 1 aromatic heterocycles. The molecular weight excluding hydrogens is 243 g/mol. The molecule has 90 valence electrons. The molecule has 17 heavy (non-hydrogen) atoms. The molecule has 0 fully saturated rings. The molecule has 0 bridgehead atoms. The van der Waals surface area contributed by atoms with Crippen molar-refractivity contribution in [2.24, 2.45) is 0 Å². The lowest BCUT2D eigenvalue weighted by molar-refractivity contribution is -0.390. The number of halogens is 3. The number of nitriles is 1. The summed E-state index contributed by atoms with van der Waals surface area (Å²) in [6.45, 7) is 0. The van der Waals surface area contributed by atoms with Gasteiger partial charge >= 0.3 is 12.2 Å². The number of hydrogen-bond donors (Lipinski definition) is 0. The third-order valence-electron chi connectivity index (χ3n) is 1.64. The number of hydrogen-bond acceptors (Lipinski definition) is 5. The number of nitrogens with zero attached hydrogens (tertiary/aromatic N) is 3. The van der Waals surface area contributed by atoms with Gasteiger partial charge in [0.05, 0.1) is 12.5 Å². The highest BCUT2D eigenvalue weighted by molar-refractivity contribution is 5.45. The highest BCUT2D eigenvalue weighted by Gasteiger charge is 2.34. The Morgan fingerprint density at radius 3 is 2.71 bits per heavy atom. The highest BCUT2D eigenvalue weighted by atomic mass is 19.4. The third-order valence-corrected chi connectivity index (χ3v) is 1.64. The molecule has 0 N–H and O–H groups in total. The zero-order chi connectivity index (χ0) is 13.1. The Morgan fingerprint density at radius 1 is 1.59 bits per heavy atom. The van der Waals surface area contributed by atoms with Crippen molar-refractivity contribution in [2.75, 3.05) is 0 Å². The van der Waals surface area contributed by atoms with Crippen molar-refractivity contribution in [1.29, 1.82) is 5.26 Å². The van der Waals surface area contributed by atoms with Crippen molar-refractivity contribution in [2.45, 2.75) is 12.8 Å². The van der Waals surface area contributed by atoms with Crippen LogP contribution in [0.1, 0.15) is 5.56 Å². The van der Waals surface area contributed by atoms with Gasteiger partial charge in [-0.1, -0.05) is 0 Å². The molecule has 1 aromatic rings. The van der Waals surface area contributed by atoms with Gasteiger partial charge in [0.2, 0.25) is 0 Å². The lowest BCUT2D eigenvalue weighted by Crippen LogP contribution is -2.18. The molecule has 0 unspecified atom stereocenters. The molecule has 0 saturated heterocycles. The smallest absolute Gasteiger partial charge is 0.405 e. The van der Waals surface area contributed by atoms with Crippen LogP contribution < -0.4 is 4.74 Å². The van der Waals surface area contributed by atoms with Gasteiger partial charge in [0, 0.05) is 6.07 Å².